The van der Waals surface area contributed by atoms with Crippen LogP contribution in [0.1, 0.15) is 38.3 Å². The number of hydrogen-bond acceptors (Lipinski definition) is 5. The van der Waals surface area contributed by atoms with E-state index in [9.17, 15) is 9.59 Å². The van der Waals surface area contributed by atoms with Crippen LogP contribution in [0.4, 0.5) is 11.4 Å². The molecular formula is C23H27N3O3S. The Labute approximate surface area is 181 Å². The molecule has 158 valence electrons. The van der Waals surface area contributed by atoms with Crippen molar-refractivity contribution >= 4 is 40.1 Å². The molecule has 3 rings (SSSR count). The molecule has 6 nitrogen and oxygen atoms in total. The van der Waals surface area contributed by atoms with Crippen molar-refractivity contribution in [1.29, 1.82) is 0 Å². The van der Waals surface area contributed by atoms with Gasteiger partial charge in [0.05, 0.1) is 12.3 Å². The summed E-state index contributed by atoms with van der Waals surface area (Å²) in [6.45, 7) is 6.69. The van der Waals surface area contributed by atoms with Crippen molar-refractivity contribution in [2.24, 2.45) is 4.99 Å². The van der Waals surface area contributed by atoms with Crippen LogP contribution in [0.2, 0.25) is 0 Å². The van der Waals surface area contributed by atoms with Gasteiger partial charge < -0.3 is 15.4 Å². The van der Waals surface area contributed by atoms with Crippen LogP contribution in [0.3, 0.4) is 0 Å². The standard InChI is InChI=1S/C23H27N3O3S/c1-4-15-8-7-9-16(5-2)21(15)25-23-26-22(28)19(30-23)14-20(27)24-17-10-12-18(13-11-17)29-6-3/h7-13,19H,4-6,14H2,1-3H3,(H,24,27)(H,25,26,28)/t19-/m1/s1. The van der Waals surface area contributed by atoms with Gasteiger partial charge in [-0.15, -0.1) is 0 Å². The third kappa shape index (κ3) is 5.42. The van der Waals surface area contributed by atoms with Crippen molar-refractivity contribution in [3.8, 4) is 5.75 Å². The lowest BCUT2D eigenvalue weighted by Gasteiger charge is -2.09. The number of amides is 2. The molecule has 1 aliphatic rings. The SMILES string of the molecule is CCOc1ccc(NC(=O)C[C@H]2SC(=Nc3c(CC)cccc3CC)NC2=O)cc1. The van der Waals surface area contributed by atoms with Gasteiger partial charge in [-0.05, 0) is 55.2 Å². The number of carbonyl (C=O) groups excluding carboxylic acids is 2. The molecule has 0 bridgehead atoms. The second kappa shape index (κ2) is 10.3. The van der Waals surface area contributed by atoms with Crippen molar-refractivity contribution in [1.82, 2.24) is 5.32 Å². The summed E-state index contributed by atoms with van der Waals surface area (Å²) in [5.74, 6) is 0.352. The first kappa shape index (κ1) is 21.9. The number of amidine groups is 1. The molecule has 30 heavy (non-hydrogen) atoms. The quantitative estimate of drug-likeness (QED) is 0.654. The fourth-order valence-corrected chi connectivity index (χ4v) is 4.21. The highest BCUT2D eigenvalue weighted by atomic mass is 32.2. The number of aliphatic imine (C=N–C) groups is 1. The smallest absolute Gasteiger partial charge is 0.240 e. The van der Waals surface area contributed by atoms with E-state index in [4.69, 9.17) is 9.73 Å². The Hall–Kier alpha value is -2.80. The summed E-state index contributed by atoms with van der Waals surface area (Å²) in [4.78, 5) is 29.5. The van der Waals surface area contributed by atoms with Crippen LogP contribution >= 0.6 is 11.8 Å². The first-order valence-electron chi connectivity index (χ1n) is 10.2. The summed E-state index contributed by atoms with van der Waals surface area (Å²) in [7, 11) is 0. The van der Waals surface area contributed by atoms with E-state index in [1.807, 2.05) is 13.0 Å². The Balaban J connectivity index is 1.65. The molecule has 7 heteroatoms. The van der Waals surface area contributed by atoms with Crippen LogP contribution in [-0.2, 0) is 22.4 Å². The van der Waals surface area contributed by atoms with Gasteiger partial charge in [0.25, 0.3) is 0 Å². The molecule has 0 aliphatic carbocycles. The van der Waals surface area contributed by atoms with E-state index in [1.54, 1.807) is 24.3 Å². The van der Waals surface area contributed by atoms with Crippen molar-refractivity contribution in [3.05, 3.63) is 53.6 Å². The Kier molecular flexibility index (Phi) is 7.52. The van der Waals surface area contributed by atoms with Gasteiger partial charge in [-0.2, -0.15) is 0 Å². The molecule has 0 saturated carbocycles. The third-order valence-corrected chi connectivity index (χ3v) is 5.86. The van der Waals surface area contributed by atoms with Crippen LogP contribution in [-0.4, -0.2) is 28.8 Å². The van der Waals surface area contributed by atoms with E-state index in [1.165, 1.54) is 11.8 Å². The van der Waals surface area contributed by atoms with Gasteiger partial charge in [0.15, 0.2) is 5.17 Å². The van der Waals surface area contributed by atoms with Gasteiger partial charge >= 0.3 is 0 Å². The molecular weight excluding hydrogens is 398 g/mol. The minimum atomic E-state index is -0.495. The zero-order valence-corrected chi connectivity index (χ0v) is 18.3. The molecule has 2 N–H and O–H groups in total. The number of hydrogen-bond donors (Lipinski definition) is 2. The molecule has 0 unspecified atom stereocenters. The molecule has 1 atom stereocenters. The molecule has 0 radical (unpaired) electrons. The van der Waals surface area contributed by atoms with Gasteiger partial charge in [-0.25, -0.2) is 4.99 Å². The summed E-state index contributed by atoms with van der Waals surface area (Å²) in [5, 5.41) is 5.71. The third-order valence-electron chi connectivity index (χ3n) is 4.77. The van der Waals surface area contributed by atoms with Crippen LogP contribution < -0.4 is 15.4 Å². The van der Waals surface area contributed by atoms with Crippen LogP contribution in [0.15, 0.2) is 47.5 Å². The van der Waals surface area contributed by atoms with Gasteiger partial charge in [0, 0.05) is 12.1 Å². The Bertz CT molecular complexity index is 919. The average Bonchev–Trinajstić information content (AvgIpc) is 3.08. The van der Waals surface area contributed by atoms with E-state index in [0.717, 1.165) is 35.4 Å². The molecule has 0 spiro atoms. The van der Waals surface area contributed by atoms with Gasteiger partial charge in [-0.1, -0.05) is 43.8 Å². The highest BCUT2D eigenvalue weighted by molar-refractivity contribution is 8.15. The maximum absolute atomic E-state index is 12.4. The number of para-hydroxylation sites is 1. The van der Waals surface area contributed by atoms with Crippen molar-refractivity contribution in [2.75, 3.05) is 11.9 Å². The Morgan fingerprint density at radius 3 is 2.37 bits per heavy atom. The minimum Gasteiger partial charge on any atom is -0.494 e. The number of nitrogens with zero attached hydrogens (tertiary/aromatic N) is 1. The number of anilines is 1. The van der Waals surface area contributed by atoms with Gasteiger partial charge in [-0.3, -0.25) is 9.59 Å². The molecule has 1 heterocycles. The topological polar surface area (TPSA) is 79.8 Å². The molecule has 1 fully saturated rings. The maximum atomic E-state index is 12.4. The Morgan fingerprint density at radius 1 is 1.10 bits per heavy atom. The zero-order chi connectivity index (χ0) is 21.5. The first-order chi connectivity index (χ1) is 14.5. The second-order valence-corrected chi connectivity index (χ2v) is 8.05. The predicted octanol–water partition coefficient (Wildman–Crippen LogP) is 4.46. The monoisotopic (exact) mass is 425 g/mol. The van der Waals surface area contributed by atoms with E-state index < -0.39 is 5.25 Å². The molecule has 2 aromatic rings. The molecule has 0 aromatic heterocycles. The lowest BCUT2D eigenvalue weighted by molar-refractivity contribution is -0.122. The lowest BCUT2D eigenvalue weighted by atomic mass is 10.0. The molecule has 1 aliphatic heterocycles. The number of nitrogens with one attached hydrogen (secondary N) is 2. The zero-order valence-electron chi connectivity index (χ0n) is 17.5. The molecule has 2 aromatic carbocycles. The van der Waals surface area contributed by atoms with Crippen molar-refractivity contribution in [3.63, 3.8) is 0 Å². The largest absolute Gasteiger partial charge is 0.494 e. The van der Waals surface area contributed by atoms with E-state index in [-0.39, 0.29) is 18.2 Å². The summed E-state index contributed by atoms with van der Waals surface area (Å²) < 4.78 is 5.40. The fraction of sp³-hybridized carbons (Fsp3) is 0.348. The number of aryl methyl sites for hydroxylation is 2. The van der Waals surface area contributed by atoms with Crippen molar-refractivity contribution < 1.29 is 14.3 Å². The van der Waals surface area contributed by atoms with E-state index in [0.29, 0.717) is 17.5 Å². The van der Waals surface area contributed by atoms with Crippen LogP contribution in [0.25, 0.3) is 0 Å². The number of ether oxygens (including phenoxy) is 1. The Morgan fingerprint density at radius 2 is 1.77 bits per heavy atom. The van der Waals surface area contributed by atoms with Gasteiger partial charge in [0.1, 0.15) is 11.0 Å². The first-order valence-corrected chi connectivity index (χ1v) is 11.1. The average molecular weight is 426 g/mol. The van der Waals surface area contributed by atoms with Crippen LogP contribution in [0, 0.1) is 0 Å². The second-order valence-electron chi connectivity index (χ2n) is 6.85. The highest BCUT2D eigenvalue weighted by Crippen LogP contribution is 2.30. The number of carbonyl (C=O) groups is 2. The van der Waals surface area contributed by atoms with E-state index in [2.05, 4.69) is 36.6 Å². The van der Waals surface area contributed by atoms with Crippen molar-refractivity contribution in [2.45, 2.75) is 45.3 Å². The summed E-state index contributed by atoms with van der Waals surface area (Å²) in [5.41, 5.74) is 3.89. The maximum Gasteiger partial charge on any atom is 0.240 e. The fourth-order valence-electron chi connectivity index (χ4n) is 3.23. The predicted molar refractivity (Wildman–Crippen MR) is 123 cm³/mol. The normalized spacial score (nSPS) is 17.1. The van der Waals surface area contributed by atoms with Crippen LogP contribution in [0.5, 0.6) is 5.75 Å². The van der Waals surface area contributed by atoms with E-state index >= 15 is 0 Å². The minimum absolute atomic E-state index is 0.0821. The number of rotatable bonds is 8. The number of thioether (sulfide) groups is 1. The lowest BCUT2D eigenvalue weighted by Crippen LogP contribution is -2.28. The molecule has 2 amide bonds. The summed E-state index contributed by atoms with van der Waals surface area (Å²) in [6.07, 6.45) is 1.82. The highest BCUT2D eigenvalue weighted by Gasteiger charge is 2.32. The summed E-state index contributed by atoms with van der Waals surface area (Å²) in [6, 6.07) is 13.3. The summed E-state index contributed by atoms with van der Waals surface area (Å²) >= 11 is 1.31. The van der Waals surface area contributed by atoms with Gasteiger partial charge in [0.2, 0.25) is 11.8 Å². The number of benzene rings is 2. The molecule has 1 saturated heterocycles.